The third-order valence-corrected chi connectivity index (χ3v) is 2.47. The number of rotatable bonds is 3. The molecule has 4 nitrogen and oxygen atoms in total. The highest BCUT2D eigenvalue weighted by molar-refractivity contribution is 7.86. The molecular formula is C9H7F3O4S. The molecule has 0 aliphatic carbocycles. The molecule has 17 heavy (non-hydrogen) atoms. The zero-order chi connectivity index (χ0) is 13.3. The van der Waals surface area contributed by atoms with Crippen molar-refractivity contribution in [3.05, 3.63) is 35.4 Å². The number of halogens is 3. The van der Waals surface area contributed by atoms with E-state index in [1.54, 1.807) is 0 Å². The van der Waals surface area contributed by atoms with Gasteiger partial charge in [0, 0.05) is 5.56 Å². The molecule has 1 aromatic rings. The lowest BCUT2D eigenvalue weighted by molar-refractivity contribution is -0.137. The molecule has 1 N–H and O–H groups in total. The number of hydrogen-bond donors (Lipinski definition) is 1. The van der Waals surface area contributed by atoms with E-state index in [9.17, 15) is 26.4 Å². The number of carbonyl (C=O) groups excluding carboxylic acids is 1. The molecule has 0 spiro atoms. The van der Waals surface area contributed by atoms with E-state index in [-0.39, 0.29) is 0 Å². The third-order valence-electron chi connectivity index (χ3n) is 1.85. The van der Waals surface area contributed by atoms with Gasteiger partial charge in [0.25, 0.3) is 10.1 Å². The number of Topliss-reactive ketones (excluding diaryl/α,β-unsaturated/α-hetero) is 1. The predicted molar refractivity (Wildman–Crippen MR) is 52.2 cm³/mol. The lowest BCUT2D eigenvalue weighted by Crippen LogP contribution is -2.19. The summed E-state index contributed by atoms with van der Waals surface area (Å²) in [5.41, 5.74) is -2.01. The summed E-state index contributed by atoms with van der Waals surface area (Å²) >= 11 is 0. The molecule has 0 aliphatic heterocycles. The lowest BCUT2D eigenvalue weighted by atomic mass is 10.0. The monoisotopic (exact) mass is 268 g/mol. The maximum atomic E-state index is 12.5. The van der Waals surface area contributed by atoms with Gasteiger partial charge < -0.3 is 0 Å². The Bertz CT molecular complexity index is 533. The van der Waals surface area contributed by atoms with Gasteiger partial charge in [0.05, 0.1) is 5.56 Å². The number of ketones is 1. The highest BCUT2D eigenvalue weighted by Crippen LogP contribution is 2.32. The van der Waals surface area contributed by atoms with E-state index >= 15 is 0 Å². The molecule has 0 saturated carbocycles. The van der Waals surface area contributed by atoms with Crippen LogP contribution < -0.4 is 0 Å². The smallest absolute Gasteiger partial charge is 0.293 e. The molecule has 0 atom stereocenters. The molecule has 1 aromatic carbocycles. The Morgan fingerprint density at radius 1 is 1.24 bits per heavy atom. The zero-order valence-corrected chi connectivity index (χ0v) is 9.05. The summed E-state index contributed by atoms with van der Waals surface area (Å²) < 4.78 is 66.7. The van der Waals surface area contributed by atoms with E-state index in [0.29, 0.717) is 6.07 Å². The zero-order valence-electron chi connectivity index (χ0n) is 8.23. The molecule has 94 valence electrons. The second kappa shape index (κ2) is 4.46. The van der Waals surface area contributed by atoms with Gasteiger partial charge in [0.15, 0.2) is 5.78 Å². The minimum absolute atomic E-state index is 0.664. The Kier molecular flexibility index (Phi) is 3.58. The first-order valence-corrected chi connectivity index (χ1v) is 5.87. The SMILES string of the molecule is O=C(CS(=O)(=O)O)c1ccccc1C(F)(F)F. The normalized spacial score (nSPS) is 12.5. The Morgan fingerprint density at radius 3 is 2.24 bits per heavy atom. The lowest BCUT2D eigenvalue weighted by Gasteiger charge is -2.10. The van der Waals surface area contributed by atoms with Crippen LogP contribution in [0.15, 0.2) is 24.3 Å². The topological polar surface area (TPSA) is 71.4 Å². The average molecular weight is 268 g/mol. The van der Waals surface area contributed by atoms with E-state index in [1.807, 2.05) is 0 Å². The van der Waals surface area contributed by atoms with Crippen molar-refractivity contribution in [1.29, 1.82) is 0 Å². The number of alkyl halides is 3. The molecule has 0 aliphatic rings. The summed E-state index contributed by atoms with van der Waals surface area (Å²) in [6.45, 7) is 0. The van der Waals surface area contributed by atoms with Crippen molar-refractivity contribution in [2.24, 2.45) is 0 Å². The van der Waals surface area contributed by atoms with Crippen molar-refractivity contribution in [2.75, 3.05) is 5.75 Å². The van der Waals surface area contributed by atoms with E-state index in [1.165, 1.54) is 6.07 Å². The van der Waals surface area contributed by atoms with Crippen molar-refractivity contribution in [1.82, 2.24) is 0 Å². The van der Waals surface area contributed by atoms with Gasteiger partial charge in [-0.25, -0.2) is 0 Å². The first kappa shape index (κ1) is 13.7. The van der Waals surface area contributed by atoms with E-state index in [2.05, 4.69) is 0 Å². The maximum Gasteiger partial charge on any atom is 0.417 e. The number of benzene rings is 1. The van der Waals surface area contributed by atoms with Gasteiger partial charge in [0.1, 0.15) is 5.75 Å². The van der Waals surface area contributed by atoms with E-state index < -0.39 is 39.0 Å². The van der Waals surface area contributed by atoms with Gasteiger partial charge in [-0.15, -0.1) is 0 Å². The van der Waals surface area contributed by atoms with Gasteiger partial charge in [-0.1, -0.05) is 18.2 Å². The van der Waals surface area contributed by atoms with Crippen LogP contribution in [-0.4, -0.2) is 24.5 Å². The molecule has 0 unspecified atom stereocenters. The predicted octanol–water partition coefficient (Wildman–Crippen LogP) is 1.78. The van der Waals surface area contributed by atoms with Crippen LogP contribution in [0.25, 0.3) is 0 Å². The van der Waals surface area contributed by atoms with Gasteiger partial charge in [-0.2, -0.15) is 21.6 Å². The molecular weight excluding hydrogens is 261 g/mol. The number of hydrogen-bond acceptors (Lipinski definition) is 3. The molecule has 0 amide bonds. The molecule has 0 bridgehead atoms. The molecule has 0 aromatic heterocycles. The Morgan fingerprint density at radius 2 is 1.76 bits per heavy atom. The summed E-state index contributed by atoms with van der Waals surface area (Å²) in [6, 6.07) is 3.77. The fourth-order valence-electron chi connectivity index (χ4n) is 1.22. The number of carbonyl (C=O) groups is 1. The molecule has 8 heteroatoms. The van der Waals surface area contributed by atoms with Crippen LogP contribution in [0.3, 0.4) is 0 Å². The first-order valence-electron chi connectivity index (χ1n) is 4.26. The van der Waals surface area contributed by atoms with Crippen molar-refractivity contribution < 1.29 is 30.9 Å². The van der Waals surface area contributed by atoms with Crippen molar-refractivity contribution >= 4 is 15.9 Å². The summed E-state index contributed by atoms with van der Waals surface area (Å²) in [5, 5.41) is 0. The summed E-state index contributed by atoms with van der Waals surface area (Å²) in [5.74, 6) is -2.68. The van der Waals surface area contributed by atoms with Gasteiger partial charge in [-0.05, 0) is 6.07 Å². The van der Waals surface area contributed by atoms with Crippen molar-refractivity contribution in [3.8, 4) is 0 Å². The fourth-order valence-corrected chi connectivity index (χ4v) is 1.70. The van der Waals surface area contributed by atoms with Crippen molar-refractivity contribution in [2.45, 2.75) is 6.18 Å². The van der Waals surface area contributed by atoms with Crippen LogP contribution in [0.5, 0.6) is 0 Å². The van der Waals surface area contributed by atoms with Gasteiger partial charge in [-0.3, -0.25) is 9.35 Å². The van der Waals surface area contributed by atoms with E-state index in [4.69, 9.17) is 4.55 Å². The molecule has 0 saturated heterocycles. The maximum absolute atomic E-state index is 12.5. The second-order valence-corrected chi connectivity index (χ2v) is 4.65. The molecule has 0 fully saturated rings. The van der Waals surface area contributed by atoms with Crippen molar-refractivity contribution in [3.63, 3.8) is 0 Å². The standard InChI is InChI=1S/C9H7F3O4S/c10-9(11,12)7-4-2-1-3-6(7)8(13)5-17(14,15)16/h1-4H,5H2,(H,14,15,16). The molecule has 1 rings (SSSR count). The summed E-state index contributed by atoms with van der Waals surface area (Å²) in [4.78, 5) is 11.3. The van der Waals surface area contributed by atoms with E-state index in [0.717, 1.165) is 12.1 Å². The largest absolute Gasteiger partial charge is 0.417 e. The molecule has 0 radical (unpaired) electrons. The quantitative estimate of drug-likeness (QED) is 0.670. The minimum atomic E-state index is -4.76. The second-order valence-electron chi connectivity index (χ2n) is 3.19. The highest BCUT2D eigenvalue weighted by Gasteiger charge is 2.35. The van der Waals surface area contributed by atoms with Crippen LogP contribution in [0.4, 0.5) is 13.2 Å². The molecule has 0 heterocycles. The minimum Gasteiger partial charge on any atom is -0.293 e. The Labute approximate surface area is 94.8 Å². The fraction of sp³-hybridized carbons (Fsp3) is 0.222. The average Bonchev–Trinajstić information content (AvgIpc) is 2.13. The Balaban J connectivity index is 3.19. The first-order chi connectivity index (χ1) is 7.61. The van der Waals surface area contributed by atoms with Gasteiger partial charge in [0.2, 0.25) is 0 Å². The van der Waals surface area contributed by atoms with Crippen LogP contribution in [0.1, 0.15) is 15.9 Å². The summed E-state index contributed by atoms with van der Waals surface area (Å²) in [6.07, 6.45) is -4.76. The highest BCUT2D eigenvalue weighted by atomic mass is 32.2. The Hall–Kier alpha value is -1.41. The van der Waals surface area contributed by atoms with Crippen LogP contribution >= 0.6 is 0 Å². The third kappa shape index (κ3) is 3.82. The van der Waals surface area contributed by atoms with Crippen LogP contribution in [0, 0.1) is 0 Å². The summed E-state index contributed by atoms with van der Waals surface area (Å²) in [7, 11) is -4.65. The van der Waals surface area contributed by atoms with Gasteiger partial charge >= 0.3 is 6.18 Å². The van der Waals surface area contributed by atoms with Crippen LogP contribution in [0.2, 0.25) is 0 Å². The van der Waals surface area contributed by atoms with Crippen LogP contribution in [-0.2, 0) is 16.3 Å².